The maximum absolute atomic E-state index is 12.5. The molecule has 6 saturated heterocycles. The number of carbonyl (C=O) groups excluding carboxylic acids is 1. The van der Waals surface area contributed by atoms with Crippen molar-refractivity contribution in [2.24, 2.45) is 0 Å². The summed E-state index contributed by atoms with van der Waals surface area (Å²) in [5, 5.41) is 0. The van der Waals surface area contributed by atoms with Crippen LogP contribution in [0.2, 0.25) is 144 Å². The molecule has 0 N–H and O–H groups in total. The van der Waals surface area contributed by atoms with E-state index in [1.54, 1.807) is 6.92 Å². The maximum atomic E-state index is 12.5. The Morgan fingerprint density at radius 3 is 0.714 bits per heavy atom. The topological polar surface area (TPSA) is 229 Å². The van der Waals surface area contributed by atoms with Crippen LogP contribution in [0.4, 0.5) is 0 Å². The molecular formula is C30H80O24Si16. The zero-order chi connectivity index (χ0) is 53.5. The van der Waals surface area contributed by atoms with Crippen molar-refractivity contribution in [3.05, 3.63) is 12.2 Å². The Bertz CT molecular complexity index is 1730. The highest BCUT2D eigenvalue weighted by Gasteiger charge is 2.92. The molecule has 70 heavy (non-hydrogen) atoms. The molecule has 6 heterocycles. The Morgan fingerprint density at radius 2 is 0.557 bits per heavy atom. The van der Waals surface area contributed by atoms with E-state index in [0.717, 1.165) is 0 Å². The summed E-state index contributed by atoms with van der Waals surface area (Å²) in [6.45, 7) is 45.2. The van der Waals surface area contributed by atoms with Crippen LogP contribution in [0.3, 0.4) is 0 Å². The maximum Gasteiger partial charge on any atom is 0.654 e. The molecule has 24 nitrogen and oxygen atoms in total. The van der Waals surface area contributed by atoms with Gasteiger partial charge in [-0.1, -0.05) is 6.58 Å². The van der Waals surface area contributed by atoms with E-state index in [4.69, 9.17) is 95.9 Å². The monoisotopic (exact) mass is 1270 g/mol. The van der Waals surface area contributed by atoms with E-state index in [1.807, 2.05) is 137 Å². The second-order valence-corrected chi connectivity index (χ2v) is 80.5. The molecule has 6 fully saturated rings. The van der Waals surface area contributed by atoms with Crippen molar-refractivity contribution in [3.63, 3.8) is 0 Å². The summed E-state index contributed by atoms with van der Waals surface area (Å²) in [6.07, 6.45) is 0.167. The summed E-state index contributed by atoms with van der Waals surface area (Å²) < 4.78 is 164. The second-order valence-electron chi connectivity index (χ2n) is 23.9. The van der Waals surface area contributed by atoms with E-state index in [-0.39, 0.29) is 24.6 Å². The summed E-state index contributed by atoms with van der Waals surface area (Å²) in [5.41, 5.74) is 0.229. The molecule has 0 amide bonds. The first kappa shape index (κ1) is 62.6. The van der Waals surface area contributed by atoms with Gasteiger partial charge in [0.15, 0.2) is 58.2 Å². The molecule has 0 aromatic rings. The van der Waals surface area contributed by atoms with E-state index < -0.39 is 145 Å². The van der Waals surface area contributed by atoms with Crippen LogP contribution in [0.25, 0.3) is 0 Å². The van der Waals surface area contributed by atoms with Crippen LogP contribution in [0, 0.1) is 0 Å². The molecule has 0 radical (unpaired) electrons. The standard InChI is InChI=1S/C30H80O24Si16/c1-29(2)30(31)34-27-26-28-62(32-3,33-4)42-70-52-67(39-59(17,18)19)46-64(36-56(8,9)10)43-63(35-55(5,6)7)44-65(48-67,37-57(11,12)13)50-69(54-70,41-61(23,24)25)51-66(45-63,38-58(14,15)16)49-68(47-64,53-70)40-60(20,21)22/h1,26-28H2,2-25H3. The summed E-state index contributed by atoms with van der Waals surface area (Å²) in [4.78, 5) is 12.5. The lowest BCUT2D eigenvalue weighted by Gasteiger charge is -2.60. The highest BCUT2D eigenvalue weighted by Crippen LogP contribution is 2.53. The number of carbonyl (C=O) groups is 1. The van der Waals surface area contributed by atoms with E-state index in [0.29, 0.717) is 0 Å². The van der Waals surface area contributed by atoms with Crippen molar-refractivity contribution in [1.29, 1.82) is 0 Å². The first-order valence-electron chi connectivity index (χ1n) is 23.0. The average Bonchev–Trinajstić information content (AvgIpc) is 3.00. The Morgan fingerprint density at radius 1 is 0.371 bits per heavy atom. The molecule has 0 aromatic carbocycles. The van der Waals surface area contributed by atoms with E-state index in [1.165, 1.54) is 14.2 Å². The Labute approximate surface area is 433 Å². The van der Waals surface area contributed by atoms with Gasteiger partial charge in [0.1, 0.15) is 0 Å². The zero-order valence-corrected chi connectivity index (χ0v) is 61.6. The predicted molar refractivity (Wildman–Crippen MR) is 286 cm³/mol. The summed E-state index contributed by atoms with van der Waals surface area (Å²) >= 11 is 0. The number of hydrogen-bond donors (Lipinski definition) is 0. The largest absolute Gasteiger partial charge is 0.654 e. The lowest BCUT2D eigenvalue weighted by atomic mass is 10.4. The zero-order valence-electron chi connectivity index (χ0n) is 45.6. The Balaban J connectivity index is 2.04. The quantitative estimate of drug-likeness (QED) is 0.0463. The third-order valence-corrected chi connectivity index (χ3v) is 60.7. The Kier molecular flexibility index (Phi) is 18.3. The minimum Gasteiger partial charge on any atom is -0.462 e. The fourth-order valence-corrected chi connectivity index (χ4v) is 72.1. The SMILES string of the molecule is C=C(C)C(=O)OCCC[Si](OC)(OC)O[Si]12O[Si]3(O[Si](C)(C)C)O[Si]4(O[Si](C)(C)C)O[Si]5(O[Si](C)(C)C)O[Si](O[Si](C)(C)C)(O3)O[Si](O[Si](C)(C)C)(O[Si](O[Si](C)(C)C)(O5)O[Si](O[Si](C)(C)C)(O4)O1)O2. The van der Waals surface area contributed by atoms with E-state index in [2.05, 4.69) is 6.58 Å². The minimum absolute atomic E-state index is 0.000500. The van der Waals surface area contributed by atoms with Gasteiger partial charge >= 0.3 is 87.2 Å². The molecule has 0 spiro atoms. The molecule has 0 saturated carbocycles. The number of hydrogen-bond acceptors (Lipinski definition) is 24. The average molecular weight is 1270 g/mol. The minimum atomic E-state index is -5.51. The van der Waals surface area contributed by atoms with Gasteiger partial charge in [-0.3, -0.25) is 0 Å². The summed E-state index contributed by atoms with van der Waals surface area (Å²) in [6, 6.07) is -0.000500. The van der Waals surface area contributed by atoms with Crippen molar-refractivity contribution in [2.75, 3.05) is 20.8 Å². The molecule has 0 unspecified atom stereocenters. The van der Waals surface area contributed by atoms with Gasteiger partial charge in [0.05, 0.1) is 6.61 Å². The fraction of sp³-hybridized carbons (Fsp3) is 0.900. The van der Waals surface area contributed by atoms with Crippen molar-refractivity contribution < 1.29 is 101 Å². The summed E-state index contributed by atoms with van der Waals surface area (Å²) in [5.74, 6) is -0.574. The normalized spacial score (nSPS) is 35.5. The van der Waals surface area contributed by atoms with Crippen LogP contribution < -0.4 is 0 Å². The molecule has 0 aliphatic carbocycles. The lowest BCUT2D eigenvalue weighted by molar-refractivity contribution is -0.140. The van der Waals surface area contributed by atoms with Crippen LogP contribution in [0.15, 0.2) is 12.2 Å². The van der Waals surface area contributed by atoms with Gasteiger partial charge in [-0.15, -0.1) is 0 Å². The van der Waals surface area contributed by atoms with Gasteiger partial charge in [-0.25, -0.2) is 4.79 Å². The highest BCUT2D eigenvalue weighted by atomic mass is 28.7. The molecule has 6 aliphatic rings. The highest BCUT2D eigenvalue weighted by molar-refractivity contribution is 7.04. The third-order valence-electron chi connectivity index (χ3n) is 8.13. The molecular weight excluding hydrogens is 1190 g/mol. The third kappa shape index (κ3) is 16.9. The molecule has 0 atom stereocenters. The van der Waals surface area contributed by atoms with E-state index >= 15 is 0 Å². The van der Waals surface area contributed by atoms with E-state index in [9.17, 15) is 4.79 Å². The fourth-order valence-electron chi connectivity index (χ4n) is 6.65. The van der Waals surface area contributed by atoms with Crippen LogP contribution in [-0.4, -0.2) is 166 Å². The molecule has 6 rings (SSSR count). The summed E-state index contributed by atoms with van der Waals surface area (Å²) in [7, 11) is -64.3. The lowest BCUT2D eigenvalue weighted by Crippen LogP contribution is -2.93. The molecule has 0 aromatic heterocycles. The first-order chi connectivity index (χ1) is 31.1. The van der Waals surface area contributed by atoms with Crippen molar-refractivity contribution in [2.45, 2.75) is 157 Å². The smallest absolute Gasteiger partial charge is 0.462 e. The van der Waals surface area contributed by atoms with Crippen LogP contribution in [0.5, 0.6) is 0 Å². The van der Waals surface area contributed by atoms with Gasteiger partial charge in [-0.2, -0.15) is 0 Å². The van der Waals surface area contributed by atoms with Gasteiger partial charge in [0.25, 0.3) is 0 Å². The van der Waals surface area contributed by atoms with Gasteiger partial charge in [-0.05, 0) is 151 Å². The number of ether oxygens (including phenoxy) is 1. The second kappa shape index (κ2) is 20.5. The van der Waals surface area contributed by atoms with Crippen molar-refractivity contribution >= 4 is 145 Å². The Hall–Kier alpha value is 1.80. The van der Waals surface area contributed by atoms with Gasteiger partial charge < -0.3 is 95.9 Å². The first-order valence-corrected chi connectivity index (χ1v) is 61.9. The van der Waals surface area contributed by atoms with Crippen molar-refractivity contribution in [1.82, 2.24) is 0 Å². The molecule has 6 aliphatic heterocycles. The van der Waals surface area contributed by atoms with Gasteiger partial charge in [0.2, 0.25) is 0 Å². The molecule has 408 valence electrons. The molecule has 8 bridgehead atoms. The van der Waals surface area contributed by atoms with Crippen LogP contribution in [-0.2, 0) is 101 Å². The molecule has 40 heteroatoms. The van der Waals surface area contributed by atoms with Gasteiger partial charge in [0, 0.05) is 25.8 Å². The predicted octanol–water partition coefficient (Wildman–Crippen LogP) is 6.46. The number of esters is 1. The number of rotatable bonds is 23. The van der Waals surface area contributed by atoms with Crippen LogP contribution >= 0.6 is 0 Å². The van der Waals surface area contributed by atoms with Crippen molar-refractivity contribution in [3.8, 4) is 0 Å². The van der Waals surface area contributed by atoms with Crippen LogP contribution in [0.1, 0.15) is 13.3 Å².